The fourth-order valence-corrected chi connectivity index (χ4v) is 3.06. The Hall–Kier alpha value is -1.30. The molecule has 1 aliphatic rings. The molecule has 0 spiro atoms. The maximum absolute atomic E-state index is 12.6. The number of carbonyl (C=O) groups is 1. The van der Waals surface area contributed by atoms with Gasteiger partial charge in [-0.2, -0.15) is 0 Å². The number of rotatable bonds is 9. The van der Waals surface area contributed by atoms with Crippen molar-refractivity contribution in [2.45, 2.75) is 46.0 Å². The molecule has 0 aliphatic heterocycles. The molecule has 0 atom stereocenters. The minimum atomic E-state index is -0.308. The van der Waals surface area contributed by atoms with E-state index >= 15 is 0 Å². The average Bonchev–Trinajstić information content (AvgIpc) is 3.01. The lowest BCUT2D eigenvalue weighted by atomic mass is 9.85. The van der Waals surface area contributed by atoms with Crippen molar-refractivity contribution in [3.8, 4) is 0 Å². The van der Waals surface area contributed by atoms with Gasteiger partial charge in [0.25, 0.3) is 0 Å². The summed E-state index contributed by atoms with van der Waals surface area (Å²) >= 11 is 0. The second-order valence-corrected chi connectivity index (χ2v) is 6.36. The number of aliphatic imine (C=N–C) groups is 1. The summed E-state index contributed by atoms with van der Waals surface area (Å²) in [6.07, 6.45) is 5.06. The van der Waals surface area contributed by atoms with Gasteiger partial charge in [0.2, 0.25) is 5.91 Å². The number of nitrogens with one attached hydrogen (secondary N) is 2. The van der Waals surface area contributed by atoms with Crippen molar-refractivity contribution in [3.05, 3.63) is 0 Å². The first kappa shape index (κ1) is 19.7. The molecule has 1 aliphatic carbocycles. The van der Waals surface area contributed by atoms with Crippen LogP contribution < -0.4 is 10.6 Å². The van der Waals surface area contributed by atoms with Crippen LogP contribution in [0.5, 0.6) is 0 Å². The molecule has 1 amide bonds. The van der Waals surface area contributed by atoms with E-state index in [1.54, 1.807) is 4.90 Å². The maximum Gasteiger partial charge on any atom is 0.230 e. The Labute approximate surface area is 141 Å². The molecular weight excluding hydrogens is 292 g/mol. The van der Waals surface area contributed by atoms with Gasteiger partial charge in [0.1, 0.15) is 0 Å². The lowest BCUT2D eigenvalue weighted by Gasteiger charge is -2.29. The van der Waals surface area contributed by atoms with Crippen LogP contribution in [0.15, 0.2) is 4.99 Å². The quantitative estimate of drug-likeness (QED) is 0.384. The fraction of sp³-hybridized carbons (Fsp3) is 0.882. The first-order valence-corrected chi connectivity index (χ1v) is 8.87. The van der Waals surface area contributed by atoms with Gasteiger partial charge in [-0.15, -0.1) is 0 Å². The highest BCUT2D eigenvalue weighted by Crippen LogP contribution is 2.39. The first-order valence-electron chi connectivity index (χ1n) is 8.87. The number of hydrogen-bond acceptors (Lipinski definition) is 3. The van der Waals surface area contributed by atoms with Crippen molar-refractivity contribution in [1.82, 2.24) is 15.5 Å². The third kappa shape index (κ3) is 6.37. The Balaban J connectivity index is 2.60. The number of hydrogen-bond donors (Lipinski definition) is 2. The summed E-state index contributed by atoms with van der Waals surface area (Å²) in [5.74, 6) is 1.01. The zero-order valence-corrected chi connectivity index (χ0v) is 15.3. The minimum Gasteiger partial charge on any atom is -0.382 e. The molecule has 0 aromatic heterocycles. The molecule has 1 fully saturated rings. The number of amides is 1. The highest BCUT2D eigenvalue weighted by Gasteiger charge is 2.41. The van der Waals surface area contributed by atoms with Gasteiger partial charge >= 0.3 is 0 Å². The van der Waals surface area contributed by atoms with Crippen molar-refractivity contribution >= 4 is 11.9 Å². The molecule has 1 rings (SSSR count). The van der Waals surface area contributed by atoms with Crippen molar-refractivity contribution < 1.29 is 9.53 Å². The van der Waals surface area contributed by atoms with Crippen LogP contribution in [0.4, 0.5) is 0 Å². The molecule has 6 nitrogen and oxygen atoms in total. The molecule has 2 N–H and O–H groups in total. The zero-order valence-electron chi connectivity index (χ0n) is 15.3. The van der Waals surface area contributed by atoms with Crippen LogP contribution in [0, 0.1) is 5.41 Å². The molecule has 0 unspecified atom stereocenters. The topological polar surface area (TPSA) is 66.0 Å². The molecule has 0 aromatic rings. The van der Waals surface area contributed by atoms with E-state index in [1.807, 2.05) is 27.9 Å². The zero-order chi connectivity index (χ0) is 17.1. The van der Waals surface area contributed by atoms with E-state index in [0.29, 0.717) is 6.54 Å². The Morgan fingerprint density at radius 1 is 1.22 bits per heavy atom. The van der Waals surface area contributed by atoms with E-state index in [9.17, 15) is 4.79 Å². The molecule has 0 radical (unpaired) electrons. The van der Waals surface area contributed by atoms with Gasteiger partial charge in [0.05, 0.1) is 12.0 Å². The highest BCUT2D eigenvalue weighted by atomic mass is 16.5. The van der Waals surface area contributed by atoms with Gasteiger partial charge in [-0.05, 0) is 33.1 Å². The second kappa shape index (κ2) is 10.5. The molecule has 23 heavy (non-hydrogen) atoms. The predicted octanol–water partition coefficient (Wildman–Crippen LogP) is 1.62. The monoisotopic (exact) mass is 326 g/mol. The summed E-state index contributed by atoms with van der Waals surface area (Å²) in [4.78, 5) is 19.0. The van der Waals surface area contributed by atoms with Gasteiger partial charge < -0.3 is 20.3 Å². The SMILES string of the molecule is CCNC(=NCC1(C(=O)N(C)C)CCCC1)NCCCOCC. The van der Waals surface area contributed by atoms with Crippen molar-refractivity contribution in [2.24, 2.45) is 10.4 Å². The van der Waals surface area contributed by atoms with E-state index in [0.717, 1.165) is 64.4 Å². The van der Waals surface area contributed by atoms with Crippen LogP contribution in [0.2, 0.25) is 0 Å². The molecule has 134 valence electrons. The molecule has 0 bridgehead atoms. The molecule has 0 saturated heterocycles. The van der Waals surface area contributed by atoms with Gasteiger partial charge in [-0.3, -0.25) is 9.79 Å². The highest BCUT2D eigenvalue weighted by molar-refractivity contribution is 5.84. The van der Waals surface area contributed by atoms with Gasteiger partial charge in [-0.1, -0.05) is 12.8 Å². The van der Waals surface area contributed by atoms with E-state index in [1.165, 1.54) is 0 Å². The number of nitrogens with zero attached hydrogens (tertiary/aromatic N) is 2. The van der Waals surface area contributed by atoms with E-state index < -0.39 is 0 Å². The number of guanidine groups is 1. The van der Waals surface area contributed by atoms with E-state index in [4.69, 9.17) is 9.73 Å². The smallest absolute Gasteiger partial charge is 0.230 e. The van der Waals surface area contributed by atoms with Crippen LogP contribution in [0.3, 0.4) is 0 Å². The van der Waals surface area contributed by atoms with Gasteiger partial charge in [0.15, 0.2) is 5.96 Å². The normalized spacial score (nSPS) is 17.1. The van der Waals surface area contributed by atoms with E-state index in [2.05, 4.69) is 10.6 Å². The largest absolute Gasteiger partial charge is 0.382 e. The van der Waals surface area contributed by atoms with Crippen LogP contribution in [-0.4, -0.2) is 63.7 Å². The third-order valence-corrected chi connectivity index (χ3v) is 4.27. The number of carbonyl (C=O) groups excluding carboxylic acids is 1. The number of ether oxygens (including phenoxy) is 1. The summed E-state index contributed by atoms with van der Waals surface area (Å²) < 4.78 is 5.34. The molecule has 6 heteroatoms. The standard InChI is InChI=1S/C17H34N4O2/c1-5-18-16(19-12-9-13-23-6-2)20-14-17(10-7-8-11-17)15(22)21(3)4/h5-14H2,1-4H3,(H2,18,19,20). The summed E-state index contributed by atoms with van der Waals surface area (Å²) in [6.45, 7) is 7.75. The van der Waals surface area contributed by atoms with Crippen LogP contribution in [-0.2, 0) is 9.53 Å². The Morgan fingerprint density at radius 3 is 2.48 bits per heavy atom. The van der Waals surface area contributed by atoms with Crippen molar-refractivity contribution in [2.75, 3.05) is 46.9 Å². The van der Waals surface area contributed by atoms with Gasteiger partial charge in [0, 0.05) is 40.4 Å². The predicted molar refractivity (Wildman–Crippen MR) is 94.7 cm³/mol. The van der Waals surface area contributed by atoms with Crippen LogP contribution in [0.1, 0.15) is 46.0 Å². The lowest BCUT2D eigenvalue weighted by molar-refractivity contribution is -0.138. The maximum atomic E-state index is 12.6. The summed E-state index contributed by atoms with van der Waals surface area (Å²) in [5, 5.41) is 6.58. The second-order valence-electron chi connectivity index (χ2n) is 6.36. The molecule has 0 heterocycles. The fourth-order valence-electron chi connectivity index (χ4n) is 3.06. The van der Waals surface area contributed by atoms with Gasteiger partial charge in [-0.25, -0.2) is 0 Å². The molecule has 0 aromatic carbocycles. The molecule has 1 saturated carbocycles. The first-order chi connectivity index (χ1) is 11.1. The van der Waals surface area contributed by atoms with E-state index in [-0.39, 0.29) is 11.3 Å². The third-order valence-electron chi connectivity index (χ3n) is 4.27. The average molecular weight is 326 g/mol. The summed E-state index contributed by atoms with van der Waals surface area (Å²) in [6, 6.07) is 0. The van der Waals surface area contributed by atoms with Crippen molar-refractivity contribution in [1.29, 1.82) is 0 Å². The lowest BCUT2D eigenvalue weighted by Crippen LogP contribution is -2.43. The Morgan fingerprint density at radius 2 is 1.91 bits per heavy atom. The molecular formula is C17H34N4O2. The Bertz CT molecular complexity index is 377. The summed E-state index contributed by atoms with van der Waals surface area (Å²) in [7, 11) is 3.67. The van der Waals surface area contributed by atoms with Crippen molar-refractivity contribution in [3.63, 3.8) is 0 Å². The van der Waals surface area contributed by atoms with Crippen LogP contribution in [0.25, 0.3) is 0 Å². The minimum absolute atomic E-state index is 0.214. The summed E-state index contributed by atoms with van der Waals surface area (Å²) in [5.41, 5.74) is -0.308. The Kier molecular flexibility index (Phi) is 8.99. The van der Waals surface area contributed by atoms with Crippen LogP contribution >= 0.6 is 0 Å².